The molecule has 1 fully saturated rings. The SMILES string of the molecule is COC(CN)C(=O)N1CCC(C)CC1C. The van der Waals surface area contributed by atoms with Gasteiger partial charge in [-0.1, -0.05) is 6.92 Å². The summed E-state index contributed by atoms with van der Waals surface area (Å²) in [6, 6.07) is 0.311. The quantitative estimate of drug-likeness (QED) is 0.749. The van der Waals surface area contributed by atoms with Crippen molar-refractivity contribution in [3.63, 3.8) is 0 Å². The summed E-state index contributed by atoms with van der Waals surface area (Å²) in [6.07, 6.45) is 1.69. The Morgan fingerprint density at radius 2 is 2.27 bits per heavy atom. The molecule has 1 aliphatic heterocycles. The third kappa shape index (κ3) is 2.92. The molecular weight excluding hydrogens is 192 g/mol. The first kappa shape index (κ1) is 12.5. The zero-order chi connectivity index (χ0) is 11.4. The van der Waals surface area contributed by atoms with Crippen molar-refractivity contribution in [2.45, 2.75) is 38.8 Å². The van der Waals surface area contributed by atoms with Crippen molar-refractivity contribution < 1.29 is 9.53 Å². The first-order valence-corrected chi connectivity index (χ1v) is 5.63. The Balaban J connectivity index is 2.59. The smallest absolute Gasteiger partial charge is 0.253 e. The van der Waals surface area contributed by atoms with Crippen molar-refractivity contribution in [2.75, 3.05) is 20.2 Å². The molecule has 0 spiro atoms. The molecule has 0 aliphatic carbocycles. The Labute approximate surface area is 91.8 Å². The molecule has 0 aromatic carbocycles. The van der Waals surface area contributed by atoms with E-state index in [0.717, 1.165) is 19.4 Å². The minimum absolute atomic E-state index is 0.0411. The van der Waals surface area contributed by atoms with Gasteiger partial charge in [0.1, 0.15) is 6.10 Å². The summed E-state index contributed by atoms with van der Waals surface area (Å²) < 4.78 is 5.07. The van der Waals surface area contributed by atoms with Crippen LogP contribution < -0.4 is 5.73 Å². The first-order valence-electron chi connectivity index (χ1n) is 5.63. The van der Waals surface area contributed by atoms with Crippen LogP contribution in [0.4, 0.5) is 0 Å². The summed E-state index contributed by atoms with van der Waals surface area (Å²) in [5, 5.41) is 0. The average Bonchev–Trinajstić information content (AvgIpc) is 2.19. The van der Waals surface area contributed by atoms with Crippen LogP contribution in [0.1, 0.15) is 26.7 Å². The summed E-state index contributed by atoms with van der Waals surface area (Å²) in [4.78, 5) is 13.9. The van der Waals surface area contributed by atoms with E-state index in [4.69, 9.17) is 10.5 Å². The lowest BCUT2D eigenvalue weighted by Gasteiger charge is -2.38. The van der Waals surface area contributed by atoms with Gasteiger partial charge in [0.2, 0.25) is 0 Å². The number of hydrogen-bond donors (Lipinski definition) is 1. The van der Waals surface area contributed by atoms with E-state index in [9.17, 15) is 4.79 Å². The Morgan fingerprint density at radius 1 is 1.60 bits per heavy atom. The predicted molar refractivity (Wildman–Crippen MR) is 59.4 cm³/mol. The highest BCUT2D eigenvalue weighted by Crippen LogP contribution is 2.22. The van der Waals surface area contributed by atoms with Gasteiger partial charge in [0.25, 0.3) is 5.91 Å². The highest BCUT2D eigenvalue weighted by Gasteiger charge is 2.30. The van der Waals surface area contributed by atoms with Crippen LogP contribution in [-0.2, 0) is 9.53 Å². The van der Waals surface area contributed by atoms with Crippen LogP contribution in [0.5, 0.6) is 0 Å². The lowest BCUT2D eigenvalue weighted by molar-refractivity contribution is -0.145. The second-order valence-corrected chi connectivity index (χ2v) is 4.47. The lowest BCUT2D eigenvalue weighted by atomic mass is 9.93. The van der Waals surface area contributed by atoms with Crippen LogP contribution in [0, 0.1) is 5.92 Å². The molecule has 1 heterocycles. The molecule has 4 nitrogen and oxygen atoms in total. The molecule has 0 aromatic heterocycles. The van der Waals surface area contributed by atoms with Crippen molar-refractivity contribution in [1.82, 2.24) is 4.90 Å². The molecule has 1 amide bonds. The summed E-state index contributed by atoms with van der Waals surface area (Å²) in [6.45, 7) is 5.42. The summed E-state index contributed by atoms with van der Waals surface area (Å²) >= 11 is 0. The lowest BCUT2D eigenvalue weighted by Crippen LogP contribution is -2.50. The van der Waals surface area contributed by atoms with Gasteiger partial charge in [-0.15, -0.1) is 0 Å². The normalized spacial score (nSPS) is 28.9. The molecule has 1 rings (SSSR count). The number of methoxy groups -OCH3 is 1. The maximum absolute atomic E-state index is 12.0. The second kappa shape index (κ2) is 5.47. The van der Waals surface area contributed by atoms with Crippen molar-refractivity contribution in [1.29, 1.82) is 0 Å². The number of nitrogens with two attached hydrogens (primary N) is 1. The van der Waals surface area contributed by atoms with Gasteiger partial charge in [-0.2, -0.15) is 0 Å². The average molecular weight is 214 g/mol. The van der Waals surface area contributed by atoms with Crippen molar-refractivity contribution in [3.05, 3.63) is 0 Å². The van der Waals surface area contributed by atoms with Gasteiger partial charge in [-0.3, -0.25) is 4.79 Å². The molecule has 88 valence electrons. The summed E-state index contributed by atoms with van der Waals surface area (Å²) in [5.41, 5.74) is 5.49. The monoisotopic (exact) mass is 214 g/mol. The van der Waals surface area contributed by atoms with Crippen LogP contribution in [0.2, 0.25) is 0 Å². The van der Waals surface area contributed by atoms with E-state index >= 15 is 0 Å². The predicted octanol–water partition coefficient (Wildman–Crippen LogP) is 0.607. The minimum Gasteiger partial charge on any atom is -0.370 e. The standard InChI is InChI=1S/C11H22N2O2/c1-8-4-5-13(9(2)6-8)11(14)10(7-12)15-3/h8-10H,4-7,12H2,1-3H3. The zero-order valence-electron chi connectivity index (χ0n) is 9.90. The summed E-state index contributed by atoms with van der Waals surface area (Å²) in [7, 11) is 1.53. The molecule has 2 N–H and O–H groups in total. The van der Waals surface area contributed by atoms with Gasteiger partial charge in [0.15, 0.2) is 0 Å². The number of hydrogen-bond acceptors (Lipinski definition) is 3. The van der Waals surface area contributed by atoms with Crippen molar-refractivity contribution in [3.8, 4) is 0 Å². The number of rotatable bonds is 3. The molecule has 0 bridgehead atoms. The van der Waals surface area contributed by atoms with Gasteiger partial charge < -0.3 is 15.4 Å². The highest BCUT2D eigenvalue weighted by molar-refractivity contribution is 5.81. The fourth-order valence-corrected chi connectivity index (χ4v) is 2.22. The number of ether oxygens (including phenoxy) is 1. The maximum Gasteiger partial charge on any atom is 0.253 e. The van der Waals surface area contributed by atoms with Crippen LogP contribution in [0.15, 0.2) is 0 Å². The highest BCUT2D eigenvalue weighted by atomic mass is 16.5. The van der Waals surface area contributed by atoms with E-state index in [1.807, 2.05) is 4.90 Å². The molecule has 3 unspecified atom stereocenters. The van der Waals surface area contributed by atoms with E-state index in [0.29, 0.717) is 12.0 Å². The molecular formula is C11H22N2O2. The van der Waals surface area contributed by atoms with Crippen molar-refractivity contribution in [2.24, 2.45) is 11.7 Å². The van der Waals surface area contributed by atoms with Crippen LogP contribution in [0.3, 0.4) is 0 Å². The molecule has 3 atom stereocenters. The minimum atomic E-state index is -0.471. The summed E-state index contributed by atoms with van der Waals surface area (Å²) in [5.74, 6) is 0.752. The van der Waals surface area contributed by atoms with E-state index in [1.165, 1.54) is 7.11 Å². The number of likely N-dealkylation sites (tertiary alicyclic amines) is 1. The molecule has 0 radical (unpaired) electrons. The fraction of sp³-hybridized carbons (Fsp3) is 0.909. The molecule has 1 aliphatic rings. The maximum atomic E-state index is 12.0. The largest absolute Gasteiger partial charge is 0.370 e. The molecule has 0 saturated carbocycles. The first-order chi connectivity index (χ1) is 7.10. The third-order valence-electron chi connectivity index (χ3n) is 3.20. The Bertz CT molecular complexity index is 217. The number of amides is 1. The number of carbonyl (C=O) groups excluding carboxylic acids is 1. The van der Waals surface area contributed by atoms with E-state index in [2.05, 4.69) is 13.8 Å². The zero-order valence-corrected chi connectivity index (χ0v) is 9.90. The van der Waals surface area contributed by atoms with Crippen LogP contribution >= 0.6 is 0 Å². The molecule has 0 aromatic rings. The van der Waals surface area contributed by atoms with Gasteiger partial charge in [0, 0.05) is 26.2 Å². The molecule has 4 heteroatoms. The van der Waals surface area contributed by atoms with E-state index in [-0.39, 0.29) is 12.5 Å². The Hall–Kier alpha value is -0.610. The molecule has 15 heavy (non-hydrogen) atoms. The van der Waals surface area contributed by atoms with Gasteiger partial charge in [0.05, 0.1) is 0 Å². The van der Waals surface area contributed by atoms with Crippen molar-refractivity contribution >= 4 is 5.91 Å². The van der Waals surface area contributed by atoms with Crippen LogP contribution in [0.25, 0.3) is 0 Å². The van der Waals surface area contributed by atoms with Crippen LogP contribution in [-0.4, -0.2) is 43.2 Å². The van der Waals surface area contributed by atoms with E-state index < -0.39 is 6.10 Å². The topological polar surface area (TPSA) is 55.6 Å². The number of piperidine rings is 1. The van der Waals surface area contributed by atoms with Gasteiger partial charge in [-0.25, -0.2) is 0 Å². The molecule has 1 saturated heterocycles. The van der Waals surface area contributed by atoms with Gasteiger partial charge >= 0.3 is 0 Å². The van der Waals surface area contributed by atoms with E-state index in [1.54, 1.807) is 0 Å². The fourth-order valence-electron chi connectivity index (χ4n) is 2.22. The van der Waals surface area contributed by atoms with Gasteiger partial charge in [-0.05, 0) is 25.7 Å². The Kier molecular flexibility index (Phi) is 4.54. The number of carbonyl (C=O) groups is 1. The third-order valence-corrected chi connectivity index (χ3v) is 3.20. The second-order valence-electron chi connectivity index (χ2n) is 4.47. The Morgan fingerprint density at radius 3 is 2.73 bits per heavy atom. The number of nitrogens with zero attached hydrogens (tertiary/aromatic N) is 1.